The minimum atomic E-state index is -4.90. The first-order chi connectivity index (χ1) is 15.9. The highest BCUT2D eigenvalue weighted by Crippen LogP contribution is 2.55. The molecule has 0 aliphatic carbocycles. The molecule has 0 spiro atoms. The van der Waals surface area contributed by atoms with Crippen LogP contribution in [0.3, 0.4) is 0 Å². The highest BCUT2D eigenvalue weighted by atomic mass is 19.4. The predicted molar refractivity (Wildman–Crippen MR) is 107 cm³/mol. The Morgan fingerprint density at radius 3 is 2.62 bits per heavy atom. The fourth-order valence-electron chi connectivity index (χ4n) is 4.20. The number of carbonyl (C=O) groups excluding carboxylic acids is 1. The molecule has 4 atom stereocenters. The van der Waals surface area contributed by atoms with Gasteiger partial charge in [0.25, 0.3) is 5.91 Å². The Bertz CT molecular complexity index is 1320. The number of aromatic amines is 1. The van der Waals surface area contributed by atoms with E-state index in [9.17, 15) is 31.5 Å². The normalized spacial score (nSPS) is 25.0. The average molecular weight is 487 g/mol. The predicted octanol–water partition coefficient (Wildman–Crippen LogP) is 3.88. The molecule has 0 unspecified atom stereocenters. The van der Waals surface area contributed by atoms with Gasteiger partial charge in [0.2, 0.25) is 11.4 Å². The number of hydrogen-bond acceptors (Lipinski definition) is 6. The lowest BCUT2D eigenvalue weighted by atomic mass is 9.77. The molecule has 3 aromatic rings. The fraction of sp³-hybridized carbons (Fsp3) is 0.381. The Kier molecular flexibility index (Phi) is 5.62. The molecule has 0 saturated carbocycles. The van der Waals surface area contributed by atoms with E-state index in [0.717, 1.165) is 26.2 Å². The topological polar surface area (TPSA) is 106 Å². The third-order valence-corrected chi connectivity index (χ3v) is 6.19. The first kappa shape index (κ1) is 23.7. The second kappa shape index (κ2) is 8.08. The van der Waals surface area contributed by atoms with Gasteiger partial charge >= 0.3 is 11.7 Å². The van der Waals surface area contributed by atoms with Gasteiger partial charge < -0.3 is 19.3 Å². The zero-order valence-electron chi connectivity index (χ0n) is 17.9. The highest BCUT2D eigenvalue weighted by molar-refractivity contribution is 6.00. The number of hydrogen-bond donors (Lipinski definition) is 2. The van der Waals surface area contributed by atoms with Gasteiger partial charge in [-0.25, -0.2) is 9.37 Å². The number of rotatable bonds is 4. The van der Waals surface area contributed by atoms with Crippen LogP contribution in [0.25, 0.3) is 11.1 Å². The van der Waals surface area contributed by atoms with Crippen LogP contribution in [0, 0.1) is 17.6 Å². The van der Waals surface area contributed by atoms with Crippen molar-refractivity contribution in [1.82, 2.24) is 10.1 Å². The largest absolute Gasteiger partial charge is 0.493 e. The summed E-state index contributed by atoms with van der Waals surface area (Å²) < 4.78 is 85.4. The second-order valence-electron chi connectivity index (χ2n) is 8.00. The number of H-pyrrole nitrogens is 1. The van der Waals surface area contributed by atoms with E-state index in [1.165, 1.54) is 19.2 Å². The summed E-state index contributed by atoms with van der Waals surface area (Å²) in [5.74, 6) is -7.14. The van der Waals surface area contributed by atoms with Gasteiger partial charge in [-0.1, -0.05) is 13.0 Å². The summed E-state index contributed by atoms with van der Waals surface area (Å²) >= 11 is 0. The molecule has 1 saturated heterocycles. The van der Waals surface area contributed by atoms with Crippen LogP contribution in [-0.2, 0) is 9.53 Å². The second-order valence-corrected chi connectivity index (χ2v) is 8.00. The van der Waals surface area contributed by atoms with E-state index in [1.807, 2.05) is 5.16 Å². The average Bonchev–Trinajstić information content (AvgIpc) is 3.29. The molecule has 34 heavy (non-hydrogen) atoms. The van der Waals surface area contributed by atoms with E-state index < -0.39 is 58.6 Å². The first-order valence-corrected chi connectivity index (χ1v) is 9.94. The Morgan fingerprint density at radius 2 is 1.97 bits per heavy atom. The lowest BCUT2D eigenvalue weighted by Gasteiger charge is -2.32. The van der Waals surface area contributed by atoms with Gasteiger partial charge in [-0.05, 0) is 19.1 Å². The number of aromatic nitrogens is 2. The van der Waals surface area contributed by atoms with Crippen molar-refractivity contribution in [2.24, 2.45) is 5.92 Å². The highest BCUT2D eigenvalue weighted by Gasteiger charge is 2.66. The Labute approximate surface area is 188 Å². The maximum atomic E-state index is 14.4. The van der Waals surface area contributed by atoms with Crippen molar-refractivity contribution in [3.05, 3.63) is 51.9 Å². The lowest BCUT2D eigenvalue weighted by Crippen LogP contribution is -2.47. The van der Waals surface area contributed by atoms with Crippen LogP contribution in [-0.4, -0.2) is 41.0 Å². The number of benzene rings is 1. The number of alkyl halides is 3. The maximum absolute atomic E-state index is 14.4. The number of nitrogens with zero attached hydrogens (tertiary/aromatic N) is 1. The van der Waals surface area contributed by atoms with E-state index in [2.05, 4.69) is 10.3 Å². The van der Waals surface area contributed by atoms with Crippen molar-refractivity contribution >= 4 is 22.7 Å². The number of halogens is 5. The number of carbonyl (C=O) groups is 1. The van der Waals surface area contributed by atoms with Gasteiger partial charge in [-0.15, -0.1) is 0 Å². The molecule has 182 valence electrons. The summed E-state index contributed by atoms with van der Waals surface area (Å²) in [7, 11) is 1.03. The van der Waals surface area contributed by atoms with E-state index in [4.69, 9.17) is 14.0 Å². The van der Waals surface area contributed by atoms with Crippen LogP contribution in [0.5, 0.6) is 5.75 Å². The van der Waals surface area contributed by atoms with Gasteiger partial charge in [-0.2, -0.15) is 22.7 Å². The molecule has 1 fully saturated rings. The van der Waals surface area contributed by atoms with Crippen molar-refractivity contribution < 1.29 is 40.7 Å². The molecule has 1 aliphatic rings. The molecule has 3 heterocycles. The van der Waals surface area contributed by atoms with Crippen molar-refractivity contribution in [3.8, 4) is 5.75 Å². The molecule has 13 heteroatoms. The zero-order chi connectivity index (χ0) is 25.0. The molecule has 8 nitrogen and oxygen atoms in total. The number of pyridine rings is 1. The summed E-state index contributed by atoms with van der Waals surface area (Å²) in [6, 6.07) is 3.06. The van der Waals surface area contributed by atoms with Crippen molar-refractivity contribution in [2.45, 2.75) is 37.6 Å². The summed E-state index contributed by atoms with van der Waals surface area (Å²) in [5.41, 5.74) is -3.98. The molecule has 1 aliphatic heterocycles. The Morgan fingerprint density at radius 1 is 1.26 bits per heavy atom. The summed E-state index contributed by atoms with van der Waals surface area (Å²) in [6.07, 6.45) is -5.51. The number of anilines is 1. The minimum Gasteiger partial charge on any atom is -0.493 e. The van der Waals surface area contributed by atoms with Gasteiger partial charge in [0.1, 0.15) is 6.10 Å². The number of methoxy groups -OCH3 is 1. The quantitative estimate of drug-likeness (QED) is 0.541. The minimum absolute atomic E-state index is 0.0544. The van der Waals surface area contributed by atoms with Gasteiger partial charge in [-0.3, -0.25) is 9.59 Å². The molecule has 2 aromatic heterocycles. The van der Waals surface area contributed by atoms with E-state index >= 15 is 0 Å². The molecule has 0 bridgehead atoms. The number of nitrogens with one attached hydrogen (secondary N) is 2. The molecular weight excluding hydrogens is 469 g/mol. The third kappa shape index (κ3) is 3.50. The van der Waals surface area contributed by atoms with E-state index in [0.29, 0.717) is 0 Å². The Hall–Kier alpha value is -3.48. The summed E-state index contributed by atoms with van der Waals surface area (Å²) in [5, 5.41) is 4.42. The monoisotopic (exact) mass is 487 g/mol. The molecule has 1 amide bonds. The number of amides is 1. The van der Waals surface area contributed by atoms with Crippen LogP contribution in [0.15, 0.2) is 33.7 Å². The number of ether oxygens (including phenoxy) is 2. The molecular formula is C21H18F5N3O5. The van der Waals surface area contributed by atoms with Crippen LogP contribution in [0.1, 0.15) is 25.3 Å². The molecule has 4 rings (SSSR count). The third-order valence-electron chi connectivity index (χ3n) is 6.19. The smallest absolute Gasteiger partial charge is 0.417 e. The Balaban J connectivity index is 1.81. The molecule has 1 aromatic carbocycles. The lowest BCUT2D eigenvalue weighted by molar-refractivity contribution is -0.272. The van der Waals surface area contributed by atoms with Crippen LogP contribution in [0.2, 0.25) is 0 Å². The zero-order valence-corrected chi connectivity index (χ0v) is 17.9. The SMILES string of the molecule is COc1c([C@H]2[C@H](C(=O)Nc3ccnc4c(=O)[nH]oc34)O[C@@](C)(C(F)(F)F)[C@H]2C)ccc(F)c1F. The van der Waals surface area contributed by atoms with Crippen LogP contribution >= 0.6 is 0 Å². The first-order valence-electron chi connectivity index (χ1n) is 9.94. The van der Waals surface area contributed by atoms with Crippen LogP contribution < -0.4 is 15.6 Å². The van der Waals surface area contributed by atoms with Gasteiger partial charge in [0, 0.05) is 23.6 Å². The molecule has 0 radical (unpaired) electrons. The van der Waals surface area contributed by atoms with Crippen LogP contribution in [0.4, 0.5) is 27.6 Å². The summed E-state index contributed by atoms with van der Waals surface area (Å²) in [6.45, 7) is 1.97. The van der Waals surface area contributed by atoms with Crippen molar-refractivity contribution in [1.29, 1.82) is 0 Å². The van der Waals surface area contributed by atoms with Crippen molar-refractivity contribution in [3.63, 3.8) is 0 Å². The molecule has 2 N–H and O–H groups in total. The summed E-state index contributed by atoms with van der Waals surface area (Å²) in [4.78, 5) is 28.7. The van der Waals surface area contributed by atoms with Gasteiger partial charge in [0.15, 0.2) is 22.7 Å². The van der Waals surface area contributed by atoms with E-state index in [1.54, 1.807) is 0 Å². The van der Waals surface area contributed by atoms with E-state index in [-0.39, 0.29) is 22.4 Å². The maximum Gasteiger partial charge on any atom is 0.417 e. The fourth-order valence-corrected chi connectivity index (χ4v) is 4.20. The number of fused-ring (bicyclic) bond motifs is 1. The van der Waals surface area contributed by atoms with Gasteiger partial charge in [0.05, 0.1) is 12.8 Å². The van der Waals surface area contributed by atoms with Crippen molar-refractivity contribution in [2.75, 3.05) is 12.4 Å². The standard InChI is InChI=1S/C21H18F5N3O5/c1-8-12(9-4-5-10(22)13(23)15(9)32-3)17(33-20(8,2)21(24,25)26)19(31)28-11-6-7-27-14-16(11)34-29-18(14)30/h4-8,12,17H,1-3H3,(H,29,30)(H,27,28,31)/t8-,12-,17+,20+/m0/s1.